The van der Waals surface area contributed by atoms with Crippen molar-refractivity contribution in [1.82, 2.24) is 0 Å². The number of aromatic hydroxyl groups is 1. The topological polar surface area (TPSA) is 284 Å². The fourth-order valence-electron chi connectivity index (χ4n) is 7.10. The number of anilines is 1. The maximum absolute atomic E-state index is 13.3. The van der Waals surface area contributed by atoms with E-state index in [2.05, 4.69) is 30.8 Å². The minimum Gasteiger partial charge on any atom is -0.871 e. The zero-order valence-electron chi connectivity index (χ0n) is 38.7. The summed E-state index contributed by atoms with van der Waals surface area (Å²) < 4.78 is 75.1. The number of halogens is 2. The number of carbonyl (C=O) groups is 1. The molecule has 0 unspecified atom stereocenters. The molecular formula is C50H38CaCl2N6O12S2. The van der Waals surface area contributed by atoms with Gasteiger partial charge in [-0.3, -0.25) is 18.9 Å². The third-order valence-corrected chi connectivity index (χ3v) is 13.3. The van der Waals surface area contributed by atoms with Crippen molar-refractivity contribution in [3.8, 4) is 23.0 Å². The number of fused-ring (bicyclic) bond motifs is 2. The Morgan fingerprint density at radius 1 is 0.603 bits per heavy atom. The van der Waals surface area contributed by atoms with E-state index in [0.29, 0.717) is 49.9 Å². The van der Waals surface area contributed by atoms with Gasteiger partial charge in [-0.1, -0.05) is 102 Å². The molecule has 0 aliphatic carbocycles. The first-order chi connectivity index (χ1) is 34.2. The van der Waals surface area contributed by atoms with Crippen LogP contribution in [0.4, 0.5) is 34.1 Å². The summed E-state index contributed by atoms with van der Waals surface area (Å²) in [6, 6.07) is 35.1. The van der Waals surface area contributed by atoms with Crippen molar-refractivity contribution in [3.63, 3.8) is 0 Å². The number of carbonyl (C=O) groups excluding carboxylic acids is 1. The fraction of sp³-hybridized carbons (Fsp3) is 0.0800. The van der Waals surface area contributed by atoms with Crippen LogP contribution in [0.25, 0.3) is 21.5 Å². The normalized spacial score (nSPS) is 11.9. The van der Waals surface area contributed by atoms with Crippen molar-refractivity contribution in [2.45, 2.75) is 23.6 Å². The third-order valence-electron chi connectivity index (χ3n) is 10.7. The molecule has 73 heavy (non-hydrogen) atoms. The Labute approximate surface area is 457 Å². The van der Waals surface area contributed by atoms with Crippen molar-refractivity contribution < 1.29 is 55.5 Å². The van der Waals surface area contributed by atoms with E-state index in [4.69, 9.17) is 32.7 Å². The molecule has 8 aromatic carbocycles. The number of amides is 1. The van der Waals surface area contributed by atoms with Gasteiger partial charge >= 0.3 is 37.7 Å². The fourth-order valence-corrected chi connectivity index (χ4v) is 9.26. The molecule has 0 radical (unpaired) electrons. The Kier molecular flexibility index (Phi) is 17.8. The summed E-state index contributed by atoms with van der Waals surface area (Å²) in [6.07, 6.45) is 0. The SMILES string of the molecule is COc1ccccc1N=C([O-])c1cc2ccccc2c(N=Nc2cc(Cl)c(S(=O)(=O)O)cc2C)c1[O-].COc1ccccc1NC(=O)c1cc2ccccc2c(N=Nc2cc(Cl)c(S(=O)(=O)O)cc2C)c1O.[Ca+2]. The van der Waals surface area contributed by atoms with Gasteiger partial charge in [0.05, 0.1) is 52.6 Å². The van der Waals surface area contributed by atoms with E-state index >= 15 is 0 Å². The summed E-state index contributed by atoms with van der Waals surface area (Å²) in [4.78, 5) is 16.2. The Morgan fingerprint density at radius 3 is 1.59 bits per heavy atom. The number of nitrogens with one attached hydrogen (secondary N) is 1. The van der Waals surface area contributed by atoms with Gasteiger partial charge in [-0.25, -0.2) is 0 Å². The molecule has 0 spiro atoms. The van der Waals surface area contributed by atoms with Crippen molar-refractivity contribution in [3.05, 3.63) is 166 Å². The van der Waals surface area contributed by atoms with Crippen LogP contribution in [0.2, 0.25) is 10.0 Å². The summed E-state index contributed by atoms with van der Waals surface area (Å²) in [5.74, 6) is -1.62. The van der Waals surface area contributed by atoms with Gasteiger partial charge in [-0.15, -0.1) is 5.11 Å². The molecule has 8 aromatic rings. The first kappa shape index (κ1) is 55.6. The van der Waals surface area contributed by atoms with E-state index < -0.39 is 53.3 Å². The Morgan fingerprint density at radius 2 is 1.05 bits per heavy atom. The molecule has 0 fully saturated rings. The molecule has 4 N–H and O–H groups in total. The number of rotatable bonds is 12. The number of ether oxygens (including phenoxy) is 2. The molecule has 0 atom stereocenters. The number of phenolic OH excluding ortho intramolecular Hbond substituents is 1. The molecule has 0 saturated heterocycles. The summed E-state index contributed by atoms with van der Waals surface area (Å²) in [7, 11) is -6.12. The largest absolute Gasteiger partial charge is 2.00 e. The molecule has 23 heteroatoms. The minimum atomic E-state index is -4.53. The van der Waals surface area contributed by atoms with Crippen molar-refractivity contribution >= 4 is 149 Å². The smallest absolute Gasteiger partial charge is 0.871 e. The number of benzene rings is 8. The molecule has 0 saturated carbocycles. The maximum atomic E-state index is 13.3. The number of hydrogen-bond acceptors (Lipinski definition) is 15. The Bertz CT molecular complexity index is 3790. The van der Waals surface area contributed by atoms with Gasteiger partial charge in [0.25, 0.3) is 26.1 Å². The monoisotopic (exact) mass is 1090 g/mol. The van der Waals surface area contributed by atoms with Crippen LogP contribution >= 0.6 is 23.2 Å². The number of hydrogen-bond donors (Lipinski definition) is 4. The van der Waals surface area contributed by atoms with Crippen LogP contribution in [0.5, 0.6) is 23.0 Å². The van der Waals surface area contributed by atoms with Gasteiger partial charge in [0.1, 0.15) is 32.7 Å². The second kappa shape index (κ2) is 23.4. The summed E-state index contributed by atoms with van der Waals surface area (Å²) in [6.45, 7) is 3.11. The predicted molar refractivity (Wildman–Crippen MR) is 275 cm³/mol. The number of azo groups is 2. The van der Waals surface area contributed by atoms with E-state index in [0.717, 1.165) is 6.07 Å². The molecule has 0 aliphatic rings. The van der Waals surface area contributed by atoms with Crippen LogP contribution in [-0.4, -0.2) is 94.8 Å². The van der Waals surface area contributed by atoms with E-state index in [1.165, 1.54) is 44.6 Å². The number of para-hydroxylation sites is 4. The number of aliphatic imine (C=N–C) groups is 1. The van der Waals surface area contributed by atoms with Crippen LogP contribution in [-0.2, 0) is 20.2 Å². The van der Waals surface area contributed by atoms with E-state index in [1.54, 1.807) is 111 Å². The molecule has 368 valence electrons. The quantitative estimate of drug-likeness (QED) is 0.0292. The summed E-state index contributed by atoms with van der Waals surface area (Å²) >= 11 is 12.0. The van der Waals surface area contributed by atoms with Crippen molar-refractivity contribution in [2.24, 2.45) is 25.4 Å². The van der Waals surface area contributed by atoms with Crippen molar-refractivity contribution in [1.29, 1.82) is 0 Å². The first-order valence-corrected chi connectivity index (χ1v) is 24.5. The molecule has 0 aliphatic heterocycles. The van der Waals surface area contributed by atoms with Crippen LogP contribution < -0.4 is 25.0 Å². The number of aryl methyl sites for hydroxylation is 2. The minimum absolute atomic E-state index is 0. The number of methoxy groups -OCH3 is 2. The van der Waals surface area contributed by atoms with Crippen LogP contribution in [0, 0.1) is 13.8 Å². The third kappa shape index (κ3) is 12.7. The van der Waals surface area contributed by atoms with Gasteiger partial charge < -0.3 is 30.1 Å². The average Bonchev–Trinajstić information content (AvgIpc) is 3.34. The van der Waals surface area contributed by atoms with E-state index in [-0.39, 0.29) is 87.3 Å². The van der Waals surface area contributed by atoms with Crippen molar-refractivity contribution in [2.75, 3.05) is 19.5 Å². The number of phenols is 1. The maximum Gasteiger partial charge on any atom is 2.00 e. The standard InChI is InChI=1S/2C25H20ClN3O6S.Ca/c2*1-14-11-22(36(32,33)34)18(26)13-20(14)28-29-23-16-8-4-3-7-15(16)12-17(24(23)30)25(31)27-19-9-5-6-10-21(19)35-2;/h2*3-13,30H,1-2H3,(H,27,31)(H,32,33,34);/q;;+2/p-2. The van der Waals surface area contributed by atoms with Gasteiger partial charge in [0, 0.05) is 10.8 Å². The Hall–Kier alpha value is -6.72. The predicted octanol–water partition coefficient (Wildman–Crippen LogP) is 11.0. The first-order valence-electron chi connectivity index (χ1n) is 20.9. The van der Waals surface area contributed by atoms with Crippen LogP contribution in [0.3, 0.4) is 0 Å². The van der Waals surface area contributed by atoms with Crippen LogP contribution in [0.1, 0.15) is 27.0 Å². The summed E-state index contributed by atoms with van der Waals surface area (Å²) in [5, 5.41) is 58.3. The van der Waals surface area contributed by atoms with E-state index in [1.807, 2.05) is 0 Å². The average molecular weight is 1090 g/mol. The summed E-state index contributed by atoms with van der Waals surface area (Å²) in [5.41, 5.74) is 1.47. The van der Waals surface area contributed by atoms with E-state index in [9.17, 15) is 46.1 Å². The molecule has 18 nitrogen and oxygen atoms in total. The molecule has 0 heterocycles. The van der Waals surface area contributed by atoms with Gasteiger partial charge in [0.2, 0.25) is 0 Å². The number of nitrogens with zero attached hydrogens (tertiary/aromatic N) is 5. The zero-order chi connectivity index (χ0) is 52.1. The molecule has 1 amide bonds. The zero-order valence-corrected chi connectivity index (χ0v) is 44.1. The second-order valence-electron chi connectivity index (χ2n) is 15.4. The Balaban J connectivity index is 0.000000235. The molecule has 8 rings (SSSR count). The van der Waals surface area contributed by atoms with Gasteiger partial charge in [0.15, 0.2) is 5.75 Å². The molecular weight excluding hydrogens is 1050 g/mol. The molecule has 0 bridgehead atoms. The van der Waals surface area contributed by atoms with Gasteiger partial charge in [-0.2, -0.15) is 32.2 Å². The van der Waals surface area contributed by atoms with Gasteiger partial charge in [-0.05, 0) is 108 Å². The molecule has 0 aromatic heterocycles. The second-order valence-corrected chi connectivity index (χ2v) is 19.0. The van der Waals surface area contributed by atoms with Crippen LogP contribution in [0.15, 0.2) is 169 Å².